The lowest BCUT2D eigenvalue weighted by atomic mass is 9.96. The second-order valence-electron chi connectivity index (χ2n) is 9.44. The fraction of sp³-hybridized carbons (Fsp3) is 0.290. The van der Waals surface area contributed by atoms with Crippen LogP contribution in [-0.4, -0.2) is 43.6 Å². The summed E-state index contributed by atoms with van der Waals surface area (Å²) >= 11 is 0. The quantitative estimate of drug-likeness (QED) is 0.226. The molecule has 5 rings (SSSR count). The number of amides is 1. The lowest BCUT2D eigenvalue weighted by Crippen LogP contribution is -2.39. The zero-order valence-corrected chi connectivity index (χ0v) is 21.5. The van der Waals surface area contributed by atoms with Gasteiger partial charge < -0.3 is 18.8 Å². The maximum Gasteiger partial charge on any atom is 0.308 e. The predicted octanol–water partition coefficient (Wildman–Crippen LogP) is 6.47. The number of hydrogen-bond acceptors (Lipinski definition) is 5. The van der Waals surface area contributed by atoms with Gasteiger partial charge in [-0.25, -0.2) is 0 Å². The minimum atomic E-state index is -0.198. The lowest BCUT2D eigenvalue weighted by Gasteiger charge is -2.30. The smallest absolute Gasteiger partial charge is 0.308 e. The molecule has 6 nitrogen and oxygen atoms in total. The summed E-state index contributed by atoms with van der Waals surface area (Å²) in [5, 5.41) is 3.32. The van der Waals surface area contributed by atoms with Crippen molar-refractivity contribution in [2.24, 2.45) is 5.92 Å². The Labute approximate surface area is 216 Å². The SMILES string of the molecule is CCOc1cc2occ(-c3ccc4ccccc4c3)c2cc1/C(C)=C/C(=O)N1CCC(C(=O)OC)CC1. The van der Waals surface area contributed by atoms with Gasteiger partial charge in [0.1, 0.15) is 11.3 Å². The largest absolute Gasteiger partial charge is 0.493 e. The van der Waals surface area contributed by atoms with Crippen LogP contribution in [0.1, 0.15) is 32.3 Å². The molecular formula is C31H31NO5. The van der Waals surface area contributed by atoms with E-state index in [9.17, 15) is 9.59 Å². The maximum atomic E-state index is 13.1. The third-order valence-corrected chi connectivity index (χ3v) is 7.14. The standard InChI is InChI=1S/C31H31NO5/c1-4-36-28-18-29-26(27(19-37-29)24-10-9-21-7-5-6-8-23(21)16-24)17-25(28)20(2)15-30(33)32-13-11-22(12-14-32)31(34)35-3/h5-10,15-19,22H,4,11-14H2,1-3H3/b20-15+. The molecular weight excluding hydrogens is 466 g/mol. The van der Waals surface area contributed by atoms with E-state index in [0.717, 1.165) is 38.6 Å². The van der Waals surface area contributed by atoms with E-state index < -0.39 is 0 Å². The van der Waals surface area contributed by atoms with E-state index in [-0.39, 0.29) is 17.8 Å². The van der Waals surface area contributed by atoms with Crippen molar-refractivity contribution >= 4 is 39.2 Å². The van der Waals surface area contributed by atoms with Crippen LogP contribution in [0.3, 0.4) is 0 Å². The number of benzene rings is 3. The van der Waals surface area contributed by atoms with E-state index >= 15 is 0 Å². The number of likely N-dealkylation sites (tertiary alicyclic amines) is 1. The van der Waals surface area contributed by atoms with Crippen molar-refractivity contribution in [2.75, 3.05) is 26.8 Å². The lowest BCUT2D eigenvalue weighted by molar-refractivity contribution is -0.148. The summed E-state index contributed by atoms with van der Waals surface area (Å²) in [4.78, 5) is 26.7. The number of methoxy groups -OCH3 is 1. The van der Waals surface area contributed by atoms with E-state index in [1.165, 1.54) is 12.5 Å². The topological polar surface area (TPSA) is 69.0 Å². The molecule has 190 valence electrons. The molecule has 2 heterocycles. The minimum absolute atomic E-state index is 0.0645. The monoisotopic (exact) mass is 497 g/mol. The summed E-state index contributed by atoms with van der Waals surface area (Å²) in [6.07, 6.45) is 4.68. The summed E-state index contributed by atoms with van der Waals surface area (Å²) in [5.74, 6) is 0.280. The van der Waals surface area contributed by atoms with E-state index in [2.05, 4.69) is 36.4 Å². The number of carbonyl (C=O) groups is 2. The number of esters is 1. The number of hydrogen-bond donors (Lipinski definition) is 0. The predicted molar refractivity (Wildman–Crippen MR) is 145 cm³/mol. The van der Waals surface area contributed by atoms with Crippen molar-refractivity contribution in [2.45, 2.75) is 26.7 Å². The summed E-state index contributed by atoms with van der Waals surface area (Å²) < 4.78 is 16.7. The summed E-state index contributed by atoms with van der Waals surface area (Å²) in [5.41, 5.74) is 4.47. The first-order chi connectivity index (χ1) is 18.0. The van der Waals surface area contributed by atoms with Gasteiger partial charge >= 0.3 is 5.97 Å². The van der Waals surface area contributed by atoms with Gasteiger partial charge in [0, 0.05) is 41.7 Å². The number of fused-ring (bicyclic) bond motifs is 2. The van der Waals surface area contributed by atoms with E-state index in [0.29, 0.717) is 38.3 Å². The first-order valence-electron chi connectivity index (χ1n) is 12.7. The molecule has 0 atom stereocenters. The Morgan fingerprint density at radius 2 is 1.81 bits per heavy atom. The minimum Gasteiger partial charge on any atom is -0.493 e. The molecule has 1 aromatic heterocycles. The fourth-order valence-corrected chi connectivity index (χ4v) is 5.08. The summed E-state index contributed by atoms with van der Waals surface area (Å²) in [6.45, 7) is 5.44. The molecule has 0 bridgehead atoms. The molecule has 1 saturated heterocycles. The van der Waals surface area contributed by atoms with Crippen molar-refractivity contribution in [1.29, 1.82) is 0 Å². The van der Waals surface area contributed by atoms with Crippen molar-refractivity contribution in [1.82, 2.24) is 4.90 Å². The van der Waals surface area contributed by atoms with Crippen LogP contribution in [0.4, 0.5) is 0 Å². The molecule has 1 aliphatic rings. The zero-order chi connectivity index (χ0) is 25.9. The highest BCUT2D eigenvalue weighted by atomic mass is 16.5. The Morgan fingerprint density at radius 1 is 1.05 bits per heavy atom. The van der Waals surface area contributed by atoms with Gasteiger partial charge in [-0.1, -0.05) is 36.4 Å². The van der Waals surface area contributed by atoms with Crippen LogP contribution in [-0.2, 0) is 14.3 Å². The third-order valence-electron chi connectivity index (χ3n) is 7.14. The van der Waals surface area contributed by atoms with Crippen LogP contribution >= 0.6 is 0 Å². The molecule has 6 heteroatoms. The molecule has 0 saturated carbocycles. The number of ether oxygens (including phenoxy) is 2. The highest BCUT2D eigenvalue weighted by molar-refractivity contribution is 6.01. The number of furan rings is 1. The summed E-state index contributed by atoms with van der Waals surface area (Å²) in [6, 6.07) is 18.6. The van der Waals surface area contributed by atoms with Gasteiger partial charge in [0.15, 0.2) is 0 Å². The van der Waals surface area contributed by atoms with Gasteiger partial charge in [0.2, 0.25) is 5.91 Å². The Morgan fingerprint density at radius 3 is 2.54 bits per heavy atom. The van der Waals surface area contributed by atoms with Crippen molar-refractivity contribution in [3.63, 3.8) is 0 Å². The number of rotatable bonds is 6. The van der Waals surface area contributed by atoms with Crippen LogP contribution in [0.5, 0.6) is 5.75 Å². The highest BCUT2D eigenvalue weighted by Crippen LogP contribution is 2.38. The molecule has 4 aromatic rings. The van der Waals surface area contributed by atoms with Crippen molar-refractivity contribution < 1.29 is 23.5 Å². The van der Waals surface area contributed by atoms with Crippen LogP contribution in [0.25, 0.3) is 38.4 Å². The molecule has 0 unspecified atom stereocenters. The van der Waals surface area contributed by atoms with Crippen LogP contribution in [0.2, 0.25) is 0 Å². The second kappa shape index (κ2) is 10.5. The molecule has 0 spiro atoms. The Hall–Kier alpha value is -4.06. The van der Waals surface area contributed by atoms with Gasteiger partial charge in [-0.05, 0) is 60.7 Å². The van der Waals surface area contributed by atoms with Gasteiger partial charge in [-0.15, -0.1) is 0 Å². The fourth-order valence-electron chi connectivity index (χ4n) is 5.08. The van der Waals surface area contributed by atoms with E-state index in [4.69, 9.17) is 13.9 Å². The number of nitrogens with zero attached hydrogens (tertiary/aromatic N) is 1. The zero-order valence-electron chi connectivity index (χ0n) is 21.5. The van der Waals surface area contributed by atoms with Crippen LogP contribution in [0, 0.1) is 5.92 Å². The van der Waals surface area contributed by atoms with Crippen molar-refractivity contribution in [3.05, 3.63) is 72.5 Å². The first kappa shape index (κ1) is 24.6. The Kier molecular flexibility index (Phi) is 6.99. The van der Waals surface area contributed by atoms with Gasteiger partial charge in [-0.3, -0.25) is 9.59 Å². The van der Waals surface area contributed by atoms with Crippen molar-refractivity contribution in [3.8, 4) is 16.9 Å². The van der Waals surface area contributed by atoms with Gasteiger partial charge in [-0.2, -0.15) is 0 Å². The van der Waals surface area contributed by atoms with Crippen LogP contribution in [0.15, 0.2) is 71.4 Å². The average Bonchev–Trinajstić information content (AvgIpc) is 3.35. The summed E-state index contributed by atoms with van der Waals surface area (Å²) in [7, 11) is 1.41. The molecule has 1 amide bonds. The molecule has 0 N–H and O–H groups in total. The van der Waals surface area contributed by atoms with Crippen LogP contribution < -0.4 is 4.74 Å². The molecule has 0 radical (unpaired) electrons. The number of piperidine rings is 1. The third kappa shape index (κ3) is 4.96. The Balaban J connectivity index is 1.47. The molecule has 37 heavy (non-hydrogen) atoms. The van der Waals surface area contributed by atoms with Gasteiger partial charge in [0.25, 0.3) is 0 Å². The number of allylic oxidation sites excluding steroid dienone is 1. The van der Waals surface area contributed by atoms with Gasteiger partial charge in [0.05, 0.1) is 25.9 Å². The molecule has 1 fully saturated rings. The normalized spacial score (nSPS) is 14.8. The molecule has 3 aromatic carbocycles. The van der Waals surface area contributed by atoms with E-state index in [1.54, 1.807) is 17.2 Å². The second-order valence-corrected chi connectivity index (χ2v) is 9.44. The van der Waals surface area contributed by atoms with E-state index in [1.807, 2.05) is 32.0 Å². The number of carbonyl (C=O) groups excluding carboxylic acids is 2. The molecule has 1 aliphatic heterocycles. The first-order valence-corrected chi connectivity index (χ1v) is 12.7. The average molecular weight is 498 g/mol. The Bertz CT molecular complexity index is 1490. The highest BCUT2D eigenvalue weighted by Gasteiger charge is 2.27. The molecule has 0 aliphatic carbocycles. The maximum absolute atomic E-state index is 13.1.